The smallest absolute Gasteiger partial charge is 0.409 e. The Kier molecular flexibility index (Phi) is 22.8. The number of allylic oxidation sites excluding steroid dienone is 3. The van der Waals surface area contributed by atoms with Gasteiger partial charge in [-0.1, -0.05) is 133 Å². The highest BCUT2D eigenvalue weighted by molar-refractivity contribution is 8.02. The molecular weight excluding hydrogens is 1240 g/mol. The van der Waals surface area contributed by atoms with Crippen LogP contribution in [0.15, 0.2) is 127 Å². The lowest BCUT2D eigenvalue weighted by atomic mass is 9.83. The number of nitrogens with zero attached hydrogens (tertiary/aromatic N) is 4. The Balaban J connectivity index is 0.741. The molecule has 21 nitrogen and oxygen atoms in total. The number of epoxide rings is 1. The molecule has 0 aliphatic carbocycles. The van der Waals surface area contributed by atoms with Gasteiger partial charge in [-0.15, -0.1) is 23.5 Å². The molecule has 5 aliphatic heterocycles. The van der Waals surface area contributed by atoms with Crippen molar-refractivity contribution >= 4 is 88.3 Å². The molecule has 24 heteroatoms. The Morgan fingerprint density at radius 3 is 1.96 bits per heavy atom. The van der Waals surface area contributed by atoms with Gasteiger partial charge < -0.3 is 48.1 Å². The second-order valence-corrected chi connectivity index (χ2v) is 26.9. The zero-order chi connectivity index (χ0) is 66.1. The first-order valence-corrected chi connectivity index (χ1v) is 33.0. The molecule has 4 fully saturated rings. The van der Waals surface area contributed by atoms with E-state index in [9.17, 15) is 43.5 Å². The highest BCUT2D eigenvalue weighted by Crippen LogP contribution is 2.53. The maximum atomic E-state index is 14.4. The number of carbonyl (C=O) groups is 8. The number of ether oxygens (including phenoxy) is 7. The molecule has 4 bridgehead atoms. The third-order valence-corrected chi connectivity index (χ3v) is 21.0. The number of nitrogens with one attached hydrogen (secondary N) is 1. The SMILES string of the molecule is COc1cc2cc(c1Cl)N(C)C(=O)C[C@H](OC(=O)[C@H](C)N(C)C(=O)CCSC1CC(=O)N(CCOCCOCCN3C(=O)CC(SC(c4ccccc4)(c4ccccc4)c4ccccc4)C3=O)C1=O)[C@]1(C)O[C@H]1[C@H](C)[C@@H]1C[C@@](O)(NC(=O)O1)[C@H](OC)/C=C/C=C(\C)C2. The summed E-state index contributed by atoms with van der Waals surface area (Å²) in [6, 6.07) is 32.3. The van der Waals surface area contributed by atoms with Gasteiger partial charge in [0.25, 0.3) is 0 Å². The number of halogens is 1. The number of methoxy groups -OCH3 is 2. The van der Waals surface area contributed by atoms with Crippen molar-refractivity contribution in [2.24, 2.45) is 5.92 Å². The van der Waals surface area contributed by atoms with E-state index in [1.165, 1.54) is 54.7 Å². The molecule has 2 N–H and O–H groups in total. The standard InChI is InChI=1S/C68H80ClN5O16S2/c1-42-19-18-26-54(85-8)67(83)41-51(88-65(82)70-67)43(2)61-66(4,90-61)55(40-57(76)72(6)49-36-45(35-42)37-50(84-7)60(49)69)89-64(81)44(3)71(5)56(75)27-34-91-52-38-58(77)73(62(52)79)28-30-86-32-33-87-31-29-74-59(78)39-53(63(74)80)92-68(46-20-12-9-13-21-46,47-22-14-10-15-23-47)48-24-16-11-17-25-48/h9-26,36-37,43-44,51-55,61,83H,27-35,38-41H2,1-8H3,(H,70,82)/b26-18+,42-19+/t43-,44+,51+,52?,53?,54-,55+,61+,66+,67+/m1/s1. The highest BCUT2D eigenvalue weighted by Gasteiger charge is 2.65. The quantitative estimate of drug-likeness (QED) is 0.0238. The van der Waals surface area contributed by atoms with Gasteiger partial charge in [0.15, 0.2) is 5.72 Å². The number of rotatable bonds is 23. The molecular formula is C68H80ClN5O16S2. The minimum Gasteiger partial charge on any atom is -0.495 e. The zero-order valence-electron chi connectivity index (χ0n) is 52.9. The van der Waals surface area contributed by atoms with Gasteiger partial charge in [0.1, 0.15) is 40.7 Å². The monoisotopic (exact) mass is 1320 g/mol. The van der Waals surface area contributed by atoms with Gasteiger partial charge in [-0.3, -0.25) is 43.9 Å². The number of fused-ring (bicyclic) bond motifs is 5. The number of likely N-dealkylation sites (tertiary alicyclic amines) is 2. The Morgan fingerprint density at radius 1 is 0.826 bits per heavy atom. The summed E-state index contributed by atoms with van der Waals surface area (Å²) >= 11 is 9.47. The Hall–Kier alpha value is -7.09. The van der Waals surface area contributed by atoms with E-state index in [2.05, 4.69) is 5.32 Å². The van der Waals surface area contributed by atoms with Crippen LogP contribution in [0.25, 0.3) is 0 Å². The molecule has 0 aromatic heterocycles. The van der Waals surface area contributed by atoms with Gasteiger partial charge in [0.2, 0.25) is 35.4 Å². The molecule has 9 rings (SSSR count). The van der Waals surface area contributed by atoms with Crippen LogP contribution in [0, 0.1) is 5.92 Å². The molecule has 492 valence electrons. The molecule has 4 saturated heterocycles. The first kappa shape index (κ1) is 69.3. The second-order valence-electron chi connectivity index (χ2n) is 23.8. The predicted molar refractivity (Wildman–Crippen MR) is 347 cm³/mol. The normalized spacial score (nSPS) is 26.6. The lowest BCUT2D eigenvalue weighted by Crippen LogP contribution is -2.63. The van der Waals surface area contributed by atoms with Crippen LogP contribution >= 0.6 is 35.1 Å². The number of likely N-dealkylation sites (N-methyl/N-ethyl adjacent to an activating group) is 1. The number of thioether (sulfide) groups is 2. The summed E-state index contributed by atoms with van der Waals surface area (Å²) in [5.41, 5.74) is 1.72. The van der Waals surface area contributed by atoms with Crippen LogP contribution in [0.1, 0.15) is 82.1 Å². The molecule has 5 aliphatic rings. The van der Waals surface area contributed by atoms with Crippen molar-refractivity contribution in [3.05, 3.63) is 154 Å². The first-order valence-electron chi connectivity index (χ1n) is 30.7. The van der Waals surface area contributed by atoms with E-state index in [0.29, 0.717) is 17.9 Å². The van der Waals surface area contributed by atoms with E-state index >= 15 is 0 Å². The minimum absolute atomic E-state index is 0.00360. The summed E-state index contributed by atoms with van der Waals surface area (Å²) in [5.74, 6) is -3.27. The maximum Gasteiger partial charge on any atom is 0.409 e. The van der Waals surface area contributed by atoms with Gasteiger partial charge in [-0.05, 0) is 61.6 Å². The van der Waals surface area contributed by atoms with Crippen LogP contribution in [0.5, 0.6) is 5.75 Å². The van der Waals surface area contributed by atoms with E-state index in [1.54, 1.807) is 45.2 Å². The van der Waals surface area contributed by atoms with Crippen LogP contribution in [0.2, 0.25) is 5.02 Å². The van der Waals surface area contributed by atoms with Crippen molar-refractivity contribution < 1.29 is 76.6 Å². The molecule has 5 heterocycles. The molecule has 0 spiro atoms. The van der Waals surface area contributed by atoms with Gasteiger partial charge >= 0.3 is 12.1 Å². The van der Waals surface area contributed by atoms with Crippen molar-refractivity contribution in [1.82, 2.24) is 20.0 Å². The number of carbonyl (C=O) groups excluding carboxylic acids is 8. The van der Waals surface area contributed by atoms with E-state index < -0.39 is 99.2 Å². The average Bonchev–Trinajstić information content (AvgIpc) is 1.52. The summed E-state index contributed by atoms with van der Waals surface area (Å²) in [5, 5.41) is 13.2. The van der Waals surface area contributed by atoms with Crippen molar-refractivity contribution in [2.75, 3.05) is 78.5 Å². The van der Waals surface area contributed by atoms with Crippen LogP contribution in [-0.4, -0.2) is 193 Å². The third-order valence-electron chi connectivity index (χ3n) is 17.7. The second kappa shape index (κ2) is 30.3. The number of imide groups is 2. The summed E-state index contributed by atoms with van der Waals surface area (Å²) in [4.78, 5) is 114. The van der Waals surface area contributed by atoms with E-state index in [1.807, 2.05) is 104 Å². The van der Waals surface area contributed by atoms with Crippen LogP contribution in [-0.2, 0) is 73.2 Å². The van der Waals surface area contributed by atoms with E-state index in [4.69, 9.17) is 44.8 Å². The molecule has 92 heavy (non-hydrogen) atoms. The lowest BCUT2D eigenvalue weighted by Gasteiger charge is -2.42. The van der Waals surface area contributed by atoms with Gasteiger partial charge in [0, 0.05) is 58.6 Å². The first-order chi connectivity index (χ1) is 44.0. The minimum atomic E-state index is -1.90. The average molecular weight is 1320 g/mol. The van der Waals surface area contributed by atoms with Crippen molar-refractivity contribution in [3.63, 3.8) is 0 Å². The predicted octanol–water partition coefficient (Wildman–Crippen LogP) is 7.65. The fraction of sp³-hybridized carbons (Fsp3) is 0.471. The number of esters is 1. The number of aliphatic hydroxyl groups is 1. The Labute approximate surface area is 549 Å². The number of benzene rings is 4. The summed E-state index contributed by atoms with van der Waals surface area (Å²) in [7, 11) is 5.86. The van der Waals surface area contributed by atoms with Gasteiger partial charge in [-0.25, -0.2) is 9.59 Å². The number of hydrogen-bond donors (Lipinski definition) is 2. The third kappa shape index (κ3) is 15.4. The van der Waals surface area contributed by atoms with Crippen molar-refractivity contribution in [2.45, 2.75) is 123 Å². The molecule has 0 radical (unpaired) electrons. The van der Waals surface area contributed by atoms with E-state index in [0.717, 1.165) is 44.5 Å². The Bertz CT molecular complexity index is 3320. The Morgan fingerprint density at radius 2 is 1.39 bits per heavy atom. The molecule has 2 unspecified atom stereocenters. The lowest BCUT2D eigenvalue weighted by molar-refractivity contribution is -0.162. The topological polar surface area (TPSA) is 250 Å². The molecule has 4 aromatic carbocycles. The maximum absolute atomic E-state index is 14.4. The molecule has 7 amide bonds. The summed E-state index contributed by atoms with van der Waals surface area (Å²) in [6.45, 7) is 7.29. The van der Waals surface area contributed by atoms with Crippen molar-refractivity contribution in [1.29, 1.82) is 0 Å². The molecule has 4 aromatic rings. The van der Waals surface area contributed by atoms with Crippen molar-refractivity contribution in [3.8, 4) is 5.75 Å². The summed E-state index contributed by atoms with van der Waals surface area (Å²) < 4.78 is 40.3. The largest absolute Gasteiger partial charge is 0.495 e. The number of hydrogen-bond acceptors (Lipinski definition) is 18. The fourth-order valence-corrected chi connectivity index (χ4v) is 15.4. The fourth-order valence-electron chi connectivity index (χ4n) is 12.3. The molecule has 10 atom stereocenters. The highest BCUT2D eigenvalue weighted by atomic mass is 35.5. The zero-order valence-corrected chi connectivity index (χ0v) is 55.3. The number of anilines is 1. The molecule has 0 saturated carbocycles. The van der Waals surface area contributed by atoms with Gasteiger partial charge in [0.05, 0.1) is 80.1 Å². The van der Waals surface area contributed by atoms with E-state index in [-0.39, 0.29) is 93.7 Å². The van der Waals surface area contributed by atoms with Crippen LogP contribution in [0.4, 0.5) is 10.5 Å². The van der Waals surface area contributed by atoms with Gasteiger partial charge in [-0.2, -0.15) is 0 Å². The van der Waals surface area contributed by atoms with Crippen LogP contribution < -0.4 is 15.0 Å². The summed E-state index contributed by atoms with van der Waals surface area (Å²) in [6.07, 6.45) is 0.152. The van der Waals surface area contributed by atoms with Crippen LogP contribution in [0.3, 0.4) is 0 Å². The number of alkyl carbamates (subject to hydrolysis) is 1. The number of amides is 7.